The first-order chi connectivity index (χ1) is 8.47. The highest BCUT2D eigenvalue weighted by Crippen LogP contribution is 2.21. The van der Waals surface area contributed by atoms with E-state index in [9.17, 15) is 4.79 Å². The molecule has 0 N–H and O–H groups in total. The maximum absolute atomic E-state index is 12.2. The minimum Gasteiger partial charge on any atom is -0.292 e. The second kappa shape index (κ2) is 5.32. The van der Waals surface area contributed by atoms with Crippen LogP contribution in [0.2, 0.25) is 0 Å². The Labute approximate surface area is 122 Å². The Morgan fingerprint density at radius 2 is 2.11 bits per heavy atom. The van der Waals surface area contributed by atoms with Gasteiger partial charge in [-0.2, -0.15) is 5.10 Å². The number of aryl methyl sites for hydroxylation is 2. The summed E-state index contributed by atoms with van der Waals surface area (Å²) in [7, 11) is 1.83. The van der Waals surface area contributed by atoms with Gasteiger partial charge in [0.15, 0.2) is 5.78 Å². The highest BCUT2D eigenvalue weighted by Gasteiger charge is 2.15. The number of nitrogens with zero attached hydrogens (tertiary/aromatic N) is 3. The van der Waals surface area contributed by atoms with Crippen molar-refractivity contribution in [3.8, 4) is 0 Å². The first-order valence-electron chi connectivity index (χ1n) is 5.31. The third-order valence-corrected chi connectivity index (χ3v) is 3.55. The van der Waals surface area contributed by atoms with E-state index >= 15 is 0 Å². The molecule has 4 nitrogen and oxygen atoms in total. The molecule has 0 aliphatic carbocycles. The zero-order valence-electron chi connectivity index (χ0n) is 9.94. The van der Waals surface area contributed by atoms with E-state index in [1.54, 1.807) is 10.9 Å². The van der Waals surface area contributed by atoms with Crippen molar-refractivity contribution >= 4 is 37.6 Å². The van der Waals surface area contributed by atoms with Crippen molar-refractivity contribution in [1.29, 1.82) is 0 Å². The largest absolute Gasteiger partial charge is 0.292 e. The fourth-order valence-electron chi connectivity index (χ4n) is 1.70. The Balaban J connectivity index is 2.24. The Hall–Kier alpha value is -1.01. The molecule has 0 spiro atoms. The highest BCUT2D eigenvalue weighted by atomic mass is 79.9. The molecule has 0 saturated heterocycles. The Morgan fingerprint density at radius 1 is 1.39 bits per heavy atom. The van der Waals surface area contributed by atoms with Crippen LogP contribution in [0.1, 0.15) is 21.9 Å². The molecule has 0 amide bonds. The standard InChI is InChI=1S/C12H11Br2N3O/c1-7-3-9(17(2)16-7)5-11(18)12-10(14)4-8(13)6-15-12/h3-4,6H,5H2,1-2H3. The van der Waals surface area contributed by atoms with Crippen LogP contribution in [0.5, 0.6) is 0 Å². The molecule has 0 aliphatic rings. The molecule has 94 valence electrons. The van der Waals surface area contributed by atoms with Crippen LogP contribution in [0.25, 0.3) is 0 Å². The van der Waals surface area contributed by atoms with Crippen LogP contribution in [-0.2, 0) is 13.5 Å². The fraction of sp³-hybridized carbons (Fsp3) is 0.250. The van der Waals surface area contributed by atoms with E-state index in [-0.39, 0.29) is 5.78 Å². The van der Waals surface area contributed by atoms with Gasteiger partial charge in [-0.1, -0.05) is 0 Å². The summed E-state index contributed by atoms with van der Waals surface area (Å²) in [4.78, 5) is 16.3. The molecule has 0 bridgehead atoms. The van der Waals surface area contributed by atoms with Gasteiger partial charge >= 0.3 is 0 Å². The second-order valence-corrected chi connectivity index (χ2v) is 5.75. The number of pyridine rings is 1. The first-order valence-corrected chi connectivity index (χ1v) is 6.89. The van der Waals surface area contributed by atoms with Gasteiger partial charge < -0.3 is 0 Å². The summed E-state index contributed by atoms with van der Waals surface area (Å²) in [6, 6.07) is 3.72. The SMILES string of the molecule is Cc1cc(CC(=O)c2ncc(Br)cc2Br)n(C)n1. The van der Waals surface area contributed by atoms with E-state index in [0.717, 1.165) is 15.9 Å². The topological polar surface area (TPSA) is 47.8 Å². The molecule has 2 aromatic rings. The molecule has 2 heterocycles. The Kier molecular flexibility index (Phi) is 3.97. The molecule has 0 atom stereocenters. The van der Waals surface area contributed by atoms with E-state index in [4.69, 9.17) is 0 Å². The lowest BCUT2D eigenvalue weighted by Crippen LogP contribution is -2.10. The van der Waals surface area contributed by atoms with Crippen LogP contribution >= 0.6 is 31.9 Å². The van der Waals surface area contributed by atoms with Gasteiger partial charge in [0.2, 0.25) is 0 Å². The Bertz CT molecular complexity index is 607. The van der Waals surface area contributed by atoms with Crippen LogP contribution < -0.4 is 0 Å². The maximum Gasteiger partial charge on any atom is 0.188 e. The van der Waals surface area contributed by atoms with Gasteiger partial charge in [-0.15, -0.1) is 0 Å². The van der Waals surface area contributed by atoms with Crippen molar-refractivity contribution in [2.75, 3.05) is 0 Å². The monoisotopic (exact) mass is 371 g/mol. The maximum atomic E-state index is 12.2. The Morgan fingerprint density at radius 3 is 2.67 bits per heavy atom. The summed E-state index contributed by atoms with van der Waals surface area (Å²) in [5.74, 6) is -0.0302. The lowest BCUT2D eigenvalue weighted by atomic mass is 10.1. The zero-order valence-corrected chi connectivity index (χ0v) is 13.1. The molecule has 2 rings (SSSR count). The first kappa shape index (κ1) is 13.4. The van der Waals surface area contributed by atoms with Gasteiger partial charge in [0, 0.05) is 27.9 Å². The lowest BCUT2D eigenvalue weighted by molar-refractivity contribution is 0.0985. The summed E-state index contributed by atoms with van der Waals surface area (Å²) in [6.07, 6.45) is 1.91. The van der Waals surface area contributed by atoms with Gasteiger partial charge in [-0.3, -0.25) is 14.5 Å². The quantitative estimate of drug-likeness (QED) is 0.778. The molecular weight excluding hydrogens is 362 g/mol. The number of halogens is 2. The van der Waals surface area contributed by atoms with E-state index < -0.39 is 0 Å². The average Bonchev–Trinajstić information content (AvgIpc) is 2.57. The summed E-state index contributed by atoms with van der Waals surface area (Å²) in [6.45, 7) is 1.90. The van der Waals surface area contributed by atoms with Crippen molar-refractivity contribution in [2.45, 2.75) is 13.3 Å². The molecule has 6 heteroatoms. The van der Waals surface area contributed by atoms with Gasteiger partial charge in [0.25, 0.3) is 0 Å². The van der Waals surface area contributed by atoms with Crippen LogP contribution in [0.4, 0.5) is 0 Å². The van der Waals surface area contributed by atoms with Crippen molar-refractivity contribution in [2.24, 2.45) is 7.05 Å². The van der Waals surface area contributed by atoms with Crippen LogP contribution in [0, 0.1) is 6.92 Å². The summed E-state index contributed by atoms with van der Waals surface area (Å²) >= 11 is 6.66. The van der Waals surface area contributed by atoms with Gasteiger partial charge in [-0.05, 0) is 50.9 Å². The normalized spacial score (nSPS) is 10.7. The van der Waals surface area contributed by atoms with Crippen LogP contribution in [0.15, 0.2) is 27.3 Å². The predicted octanol–water partition coefficient (Wildman–Crippen LogP) is 3.07. The van der Waals surface area contributed by atoms with Crippen molar-refractivity contribution in [1.82, 2.24) is 14.8 Å². The number of rotatable bonds is 3. The molecule has 18 heavy (non-hydrogen) atoms. The van der Waals surface area contributed by atoms with E-state index in [1.807, 2.05) is 26.1 Å². The molecule has 0 radical (unpaired) electrons. The number of hydrogen-bond acceptors (Lipinski definition) is 3. The molecule has 2 aromatic heterocycles. The number of carbonyl (C=O) groups is 1. The number of ketones is 1. The summed E-state index contributed by atoms with van der Waals surface area (Å²) in [5, 5.41) is 4.22. The highest BCUT2D eigenvalue weighted by molar-refractivity contribution is 9.11. The average molecular weight is 373 g/mol. The molecular formula is C12H11Br2N3O. The van der Waals surface area contributed by atoms with Crippen LogP contribution in [-0.4, -0.2) is 20.5 Å². The van der Waals surface area contributed by atoms with Crippen molar-refractivity contribution in [3.05, 3.63) is 44.4 Å². The van der Waals surface area contributed by atoms with Gasteiger partial charge in [-0.25, -0.2) is 0 Å². The summed E-state index contributed by atoms with van der Waals surface area (Å²) in [5.41, 5.74) is 2.23. The molecule has 0 saturated carbocycles. The third-order valence-electron chi connectivity index (χ3n) is 2.51. The molecule has 0 unspecified atom stereocenters. The predicted molar refractivity (Wildman–Crippen MR) is 75.6 cm³/mol. The molecule has 0 aliphatic heterocycles. The fourth-order valence-corrected chi connectivity index (χ4v) is 2.91. The molecule has 0 fully saturated rings. The van der Waals surface area contributed by atoms with Crippen molar-refractivity contribution in [3.63, 3.8) is 0 Å². The number of Topliss-reactive ketones (excluding diaryl/α,β-unsaturated/α-hetero) is 1. The van der Waals surface area contributed by atoms with E-state index in [0.29, 0.717) is 16.6 Å². The minimum atomic E-state index is -0.0302. The van der Waals surface area contributed by atoms with Crippen LogP contribution in [0.3, 0.4) is 0 Å². The van der Waals surface area contributed by atoms with Crippen molar-refractivity contribution < 1.29 is 4.79 Å². The third kappa shape index (κ3) is 2.87. The number of carbonyl (C=O) groups excluding carboxylic acids is 1. The lowest BCUT2D eigenvalue weighted by Gasteiger charge is -2.03. The number of hydrogen-bond donors (Lipinski definition) is 0. The van der Waals surface area contributed by atoms with Gasteiger partial charge in [0.05, 0.1) is 12.1 Å². The van der Waals surface area contributed by atoms with E-state index in [2.05, 4.69) is 41.9 Å². The van der Waals surface area contributed by atoms with Gasteiger partial charge in [0.1, 0.15) is 5.69 Å². The summed E-state index contributed by atoms with van der Waals surface area (Å²) < 4.78 is 3.25. The second-order valence-electron chi connectivity index (χ2n) is 3.98. The minimum absolute atomic E-state index is 0.0302. The molecule has 0 aromatic carbocycles. The smallest absolute Gasteiger partial charge is 0.188 e. The zero-order chi connectivity index (χ0) is 13.3. The number of aromatic nitrogens is 3. The van der Waals surface area contributed by atoms with E-state index in [1.165, 1.54) is 0 Å².